The van der Waals surface area contributed by atoms with Gasteiger partial charge in [0.25, 0.3) is 0 Å². The van der Waals surface area contributed by atoms with Gasteiger partial charge in [-0.2, -0.15) is 0 Å². The van der Waals surface area contributed by atoms with Gasteiger partial charge in [-0.15, -0.1) is 51.9 Å². The molecule has 7 aromatic rings. The molecule has 5 heterocycles. The predicted molar refractivity (Wildman–Crippen MR) is 196 cm³/mol. The minimum atomic E-state index is 0. The number of rotatable bonds is 0. The van der Waals surface area contributed by atoms with E-state index >= 15 is 0 Å². The first-order valence-corrected chi connectivity index (χ1v) is 16.7. The summed E-state index contributed by atoms with van der Waals surface area (Å²) in [5.74, 6) is 1.73. The molecule has 31 radical (unpaired) electrons. The monoisotopic (exact) mass is 3370 g/mol. The molecule has 80 heavy (non-hydrogen) atoms. The van der Waals surface area contributed by atoms with Crippen molar-refractivity contribution < 1.29 is 998 Å². The molecule has 0 aliphatic carbocycles. The molecule has 2 aliphatic heterocycles. The van der Waals surface area contributed by atoms with Crippen LogP contribution in [0.25, 0.3) is 89.7 Å². The van der Waals surface area contributed by atoms with Gasteiger partial charge in [0.05, 0.1) is 0 Å². The van der Waals surface area contributed by atoms with Crippen molar-refractivity contribution in [2.24, 2.45) is 0 Å². The molecular formula is C41H35CuN8Y30-7. The standard InChI is InChI=1S/C33H11N8.4C2H6.Cu.30Y/c1-17-9-8-16-24-25(17)33-40-31-23-15-7-6-14-22(23)29(38-31)36-27-19-11-3-2-10-18(19)26(34-27)35-28-20-12-4-5-13-21(20)30(37-28)39-32(24)41-33;4*1-2;;;;;;;;;;;;;;;;;;;;;;;;;;;;;;;/h2-9H,1H3;4*1-2H3;;;;;;;;;;;;;;;;;;;;;;;;;;;;;;;/q-9;;;;;+2;;;;;;;;;;;;;;;;;;;;;;;;;;;;;;. The maximum absolute atomic E-state index is 4.91. The van der Waals surface area contributed by atoms with Gasteiger partial charge in [-0.05, 0) is 5.82 Å². The largest absolute Gasteiger partial charge is 2.00 e. The van der Waals surface area contributed by atoms with Gasteiger partial charge in [0.2, 0.25) is 0 Å². The van der Waals surface area contributed by atoms with Crippen LogP contribution in [0.1, 0.15) is 61.0 Å². The van der Waals surface area contributed by atoms with Gasteiger partial charge in [-0.25, -0.2) is 105 Å². The van der Waals surface area contributed by atoms with E-state index < -0.39 is 0 Å². The summed E-state index contributed by atoms with van der Waals surface area (Å²) in [6.45, 7) is 18.0. The summed E-state index contributed by atoms with van der Waals surface area (Å²) in [5.41, 5.74) is 5.56. The first-order valence-electron chi connectivity index (χ1n) is 16.7. The van der Waals surface area contributed by atoms with E-state index in [1.54, 1.807) is 36.4 Å². The van der Waals surface area contributed by atoms with Gasteiger partial charge >= 0.3 is 17.1 Å². The molecule has 0 unspecified atom stereocenters. The Balaban J connectivity index is -0.0000000277. The van der Waals surface area contributed by atoms with Crippen molar-refractivity contribution in [3.63, 3.8) is 0 Å². The zero-order valence-electron chi connectivity index (χ0n) is 46.8. The summed E-state index contributed by atoms with van der Waals surface area (Å²) >= 11 is 0. The third-order valence-electron chi connectivity index (χ3n) is 7.05. The van der Waals surface area contributed by atoms with Crippen molar-refractivity contribution in [2.75, 3.05) is 0 Å². The van der Waals surface area contributed by atoms with E-state index in [0.717, 1.165) is 16.7 Å². The van der Waals surface area contributed by atoms with E-state index in [-0.39, 0.29) is 998 Å². The first kappa shape index (κ1) is 188. The quantitative estimate of drug-likeness (QED) is 0.110. The number of aryl methyl sites for hydroxylation is 1. The number of hydrogen-bond donors (Lipinski definition) is 0. The molecule has 0 saturated heterocycles. The van der Waals surface area contributed by atoms with E-state index in [4.69, 9.17) is 39.9 Å². The maximum Gasteiger partial charge on any atom is 2.00 e. The van der Waals surface area contributed by atoms with Gasteiger partial charge in [0, 0.05) is 987 Å². The van der Waals surface area contributed by atoms with E-state index in [0.29, 0.717) is 78.6 Å². The molecule has 0 amide bonds. The Morgan fingerprint density at radius 3 is 0.725 bits per heavy atom. The van der Waals surface area contributed by atoms with Crippen LogP contribution >= 0.6 is 0 Å². The van der Waals surface area contributed by atoms with Gasteiger partial charge in [-0.1, -0.05) is 79.5 Å². The van der Waals surface area contributed by atoms with Crippen LogP contribution in [0.4, 0.5) is 0 Å². The first-order chi connectivity index (χ1) is 24.2. The molecule has 0 fully saturated rings. The average Bonchev–Trinajstić information content (AvgIpc) is 3.91. The van der Waals surface area contributed by atoms with E-state index in [2.05, 4.69) is 42.5 Å². The van der Waals surface area contributed by atoms with Crippen LogP contribution in [0.3, 0.4) is 0 Å². The van der Waals surface area contributed by atoms with Crippen molar-refractivity contribution in [1.82, 2.24) is 39.9 Å². The molecule has 3 aromatic heterocycles. The number of nitrogens with zero attached hydrogens (tertiary/aromatic N) is 8. The Morgan fingerprint density at radius 1 is 0.263 bits per heavy atom. The molecule has 0 atom stereocenters. The van der Waals surface area contributed by atoms with Crippen LogP contribution in [0.15, 0.2) is 48.5 Å². The molecular weight excluding hydrogens is 3340 g/mol. The number of fused-ring (bicyclic) bond motifs is 20. The second kappa shape index (κ2) is 115. The average molecular weight is 3370 g/mol. The summed E-state index contributed by atoms with van der Waals surface area (Å²) in [5, 5.41) is 2.70. The summed E-state index contributed by atoms with van der Waals surface area (Å²) in [6, 6.07) is 37.2. The van der Waals surface area contributed by atoms with Crippen LogP contribution in [0.2, 0.25) is 0 Å². The van der Waals surface area contributed by atoms with Crippen LogP contribution in [-0.2, 0) is 998 Å². The summed E-state index contributed by atoms with van der Waals surface area (Å²) in [7, 11) is 0. The fourth-order valence-corrected chi connectivity index (χ4v) is 5.21. The van der Waals surface area contributed by atoms with E-state index in [1.807, 2.05) is 74.4 Å². The van der Waals surface area contributed by atoms with Gasteiger partial charge < -0.3 is 39.9 Å². The molecule has 2 aliphatic rings. The Hall–Kier alpha value is 27.9. The molecule has 4 aromatic carbocycles. The fraction of sp³-hybridized carbons (Fsp3) is 0.220. The zero-order chi connectivity index (χ0) is 35.1. The van der Waals surface area contributed by atoms with Crippen molar-refractivity contribution in [2.45, 2.75) is 62.3 Å². The third-order valence-corrected chi connectivity index (χ3v) is 7.05. The van der Waals surface area contributed by atoms with E-state index in [9.17, 15) is 0 Å². The Morgan fingerprint density at radius 2 is 0.463 bits per heavy atom. The minimum absolute atomic E-state index is 0. The van der Waals surface area contributed by atoms with Crippen molar-refractivity contribution in [3.05, 3.63) is 96.6 Å². The Kier molecular flexibility index (Phi) is 272. The second-order valence-corrected chi connectivity index (χ2v) is 9.51. The van der Waals surface area contributed by atoms with Crippen molar-refractivity contribution >= 4 is 44.1 Å². The van der Waals surface area contributed by atoms with Crippen LogP contribution in [0, 0.1) is 49.4 Å². The second-order valence-electron chi connectivity index (χ2n) is 9.51. The van der Waals surface area contributed by atoms with Gasteiger partial charge in [0.15, 0.2) is 0 Å². The minimum Gasteiger partial charge on any atom is -0.476 e. The molecule has 8 nitrogen and oxygen atoms in total. The van der Waals surface area contributed by atoms with Crippen molar-refractivity contribution in [3.8, 4) is 45.6 Å². The normalized spacial score (nSPS) is 6.46. The van der Waals surface area contributed by atoms with Gasteiger partial charge in [0.1, 0.15) is 0 Å². The molecule has 347 valence electrons. The summed E-state index contributed by atoms with van der Waals surface area (Å²) in [4.78, 5) is 38.7. The molecule has 39 heteroatoms. The molecule has 0 N–H and O–H groups in total. The Labute approximate surface area is 1250 Å². The van der Waals surface area contributed by atoms with Crippen molar-refractivity contribution in [1.29, 1.82) is 0 Å². The molecule has 0 spiro atoms. The molecule has 8 bridgehead atoms. The zero-order valence-corrected chi connectivity index (χ0v) is 133. The molecule has 9 rings (SSSR count). The smallest absolute Gasteiger partial charge is 0.476 e. The fourth-order valence-electron chi connectivity index (χ4n) is 5.21. The molecule has 0 saturated carbocycles. The number of hydrogen-bond acceptors (Lipinski definition) is 6. The predicted octanol–water partition coefficient (Wildman–Crippen LogP) is 9.06. The van der Waals surface area contributed by atoms with Crippen LogP contribution in [-0.4, -0.2) is 29.9 Å². The maximum atomic E-state index is 4.91. The van der Waals surface area contributed by atoms with Crippen LogP contribution in [0.5, 0.6) is 0 Å². The Bertz CT molecular complexity index is 2480. The van der Waals surface area contributed by atoms with Gasteiger partial charge in [-0.3, -0.25) is 0 Å². The van der Waals surface area contributed by atoms with E-state index in [1.165, 1.54) is 0 Å². The van der Waals surface area contributed by atoms with Crippen LogP contribution < -0.4 is 9.97 Å². The third kappa shape index (κ3) is 60.4. The summed E-state index contributed by atoms with van der Waals surface area (Å²) in [6.07, 6.45) is 0. The summed E-state index contributed by atoms with van der Waals surface area (Å²) < 4.78 is 0. The number of benzene rings is 4. The number of aromatic nitrogens is 8. The topological polar surface area (TPSA) is 106 Å². The SMILES string of the molecule is CC.CC.CC.CC.Cc1cc[c-]c2c1-c1nc-2nc2[n-]c(nc3nc(nc4[n-]c(n1)c1[c-]cc[c-]c41)-c1[c-]cc[c-]c1-3)c1[c-]cc[c-]c21.[Cu+2].[Y].[Y].[Y].[Y].[Y].[Y].[Y].[Y].[Y].[Y].[Y].[Y].[Y].[Y].[Y].[Y].[Y].[Y].[Y].[Y].[Y].[Y].[Y].[Y].[Y].[Y].[Y].[Y].[Y].[Y].